The Hall–Kier alpha value is -2.24. The number of carbonyl (C=O) groups is 2. The average Bonchev–Trinajstić information content (AvgIpc) is 2.64. The van der Waals surface area contributed by atoms with E-state index in [-0.39, 0.29) is 24.8 Å². The van der Waals surface area contributed by atoms with Gasteiger partial charge in [-0.3, -0.25) is 9.59 Å². The Morgan fingerprint density at radius 2 is 1.89 bits per heavy atom. The van der Waals surface area contributed by atoms with Crippen molar-refractivity contribution in [2.24, 2.45) is 0 Å². The Morgan fingerprint density at radius 1 is 1.15 bits per heavy atom. The van der Waals surface area contributed by atoms with Gasteiger partial charge >= 0.3 is 0 Å². The van der Waals surface area contributed by atoms with E-state index in [9.17, 15) is 9.59 Å². The lowest BCUT2D eigenvalue weighted by molar-refractivity contribution is -0.134. The van der Waals surface area contributed by atoms with E-state index in [1.807, 2.05) is 25.1 Å². The molecule has 2 rings (SSSR count). The van der Waals surface area contributed by atoms with E-state index >= 15 is 0 Å². The van der Waals surface area contributed by atoms with E-state index in [1.165, 1.54) is 4.90 Å². The Balaban J connectivity index is 2.06. The van der Waals surface area contributed by atoms with Crippen LogP contribution in [0.4, 0.5) is 5.69 Å². The van der Waals surface area contributed by atoms with Crippen LogP contribution in [0.15, 0.2) is 42.5 Å². The largest absolute Gasteiger partial charge is 0.496 e. The zero-order valence-electron chi connectivity index (χ0n) is 15.3. The minimum atomic E-state index is -0.332. The third-order valence-corrected chi connectivity index (χ3v) is 4.48. The molecule has 0 unspecified atom stereocenters. The number of amides is 2. The maximum atomic E-state index is 12.7. The van der Waals surface area contributed by atoms with Crippen molar-refractivity contribution in [1.29, 1.82) is 0 Å². The third-order valence-electron chi connectivity index (χ3n) is 3.92. The Bertz CT molecular complexity index is 812. The van der Waals surface area contributed by atoms with Gasteiger partial charge in [0.15, 0.2) is 0 Å². The molecule has 0 fully saturated rings. The molecule has 0 aliphatic heterocycles. The van der Waals surface area contributed by atoms with Crippen LogP contribution in [-0.4, -0.2) is 36.9 Å². The first-order valence-corrected chi connectivity index (χ1v) is 9.34. The SMILES string of the molecule is CCCN(CC(=O)Nc1cc(Cl)ccc1Cl)C(=O)Cc1ccccc1OC. The van der Waals surface area contributed by atoms with Gasteiger partial charge in [0, 0.05) is 17.1 Å². The molecule has 0 bridgehead atoms. The summed E-state index contributed by atoms with van der Waals surface area (Å²) in [6.07, 6.45) is 0.901. The highest BCUT2D eigenvalue weighted by Crippen LogP contribution is 2.25. The Morgan fingerprint density at radius 3 is 2.59 bits per heavy atom. The number of carbonyl (C=O) groups excluding carboxylic acids is 2. The van der Waals surface area contributed by atoms with Crippen molar-refractivity contribution in [3.8, 4) is 5.75 Å². The smallest absolute Gasteiger partial charge is 0.244 e. The van der Waals surface area contributed by atoms with Crippen LogP contribution in [0.1, 0.15) is 18.9 Å². The molecule has 0 saturated carbocycles. The van der Waals surface area contributed by atoms with Crippen molar-refractivity contribution >= 4 is 40.7 Å². The molecule has 0 radical (unpaired) electrons. The van der Waals surface area contributed by atoms with Crippen molar-refractivity contribution in [2.75, 3.05) is 25.5 Å². The van der Waals surface area contributed by atoms with Crippen LogP contribution in [0.5, 0.6) is 5.75 Å². The quantitative estimate of drug-likeness (QED) is 0.702. The van der Waals surface area contributed by atoms with Crippen molar-refractivity contribution in [3.63, 3.8) is 0 Å². The molecule has 5 nitrogen and oxygen atoms in total. The number of nitrogens with one attached hydrogen (secondary N) is 1. The van der Waals surface area contributed by atoms with Crippen molar-refractivity contribution in [2.45, 2.75) is 19.8 Å². The highest BCUT2D eigenvalue weighted by atomic mass is 35.5. The summed E-state index contributed by atoms with van der Waals surface area (Å²) in [5.41, 5.74) is 1.20. The van der Waals surface area contributed by atoms with Gasteiger partial charge in [-0.2, -0.15) is 0 Å². The number of benzene rings is 2. The van der Waals surface area contributed by atoms with Gasteiger partial charge in [0.25, 0.3) is 0 Å². The molecule has 0 aliphatic carbocycles. The van der Waals surface area contributed by atoms with Crippen molar-refractivity contribution in [3.05, 3.63) is 58.1 Å². The summed E-state index contributed by atoms with van der Waals surface area (Å²) in [5, 5.41) is 3.56. The van der Waals surface area contributed by atoms with Crippen molar-refractivity contribution < 1.29 is 14.3 Å². The predicted molar refractivity (Wildman–Crippen MR) is 109 cm³/mol. The fraction of sp³-hybridized carbons (Fsp3) is 0.300. The molecule has 2 aromatic carbocycles. The second-order valence-electron chi connectivity index (χ2n) is 5.98. The monoisotopic (exact) mass is 408 g/mol. The van der Waals surface area contributed by atoms with Crippen molar-refractivity contribution in [1.82, 2.24) is 4.90 Å². The van der Waals surface area contributed by atoms with Gasteiger partial charge in [-0.05, 0) is 30.7 Å². The molecular weight excluding hydrogens is 387 g/mol. The summed E-state index contributed by atoms with van der Waals surface area (Å²) in [7, 11) is 1.56. The molecule has 0 aromatic heterocycles. The van der Waals surface area contributed by atoms with Crippen LogP contribution in [0.2, 0.25) is 10.0 Å². The number of anilines is 1. The second kappa shape index (κ2) is 10.2. The minimum Gasteiger partial charge on any atom is -0.496 e. The number of hydrogen-bond donors (Lipinski definition) is 1. The molecule has 0 atom stereocenters. The maximum absolute atomic E-state index is 12.7. The number of ether oxygens (including phenoxy) is 1. The van der Waals surface area contributed by atoms with Gasteiger partial charge in [-0.1, -0.05) is 48.3 Å². The summed E-state index contributed by atoms with van der Waals surface area (Å²) >= 11 is 12.0. The summed E-state index contributed by atoms with van der Waals surface area (Å²) in [4.78, 5) is 26.7. The zero-order valence-corrected chi connectivity index (χ0v) is 16.8. The molecule has 0 heterocycles. The van der Waals surface area contributed by atoms with Crippen LogP contribution >= 0.6 is 23.2 Å². The van der Waals surface area contributed by atoms with E-state index in [0.29, 0.717) is 28.0 Å². The number of halogens is 2. The molecule has 0 saturated heterocycles. The van der Waals surface area contributed by atoms with E-state index in [4.69, 9.17) is 27.9 Å². The lowest BCUT2D eigenvalue weighted by Crippen LogP contribution is -2.39. The van der Waals surface area contributed by atoms with E-state index in [1.54, 1.807) is 31.4 Å². The molecule has 144 valence electrons. The number of rotatable bonds is 8. The van der Waals surface area contributed by atoms with Crippen LogP contribution in [0.3, 0.4) is 0 Å². The number of methoxy groups -OCH3 is 1. The van der Waals surface area contributed by atoms with E-state index < -0.39 is 0 Å². The molecular formula is C20H22Cl2N2O3. The Labute approximate surface area is 169 Å². The van der Waals surface area contributed by atoms with E-state index in [2.05, 4.69) is 5.32 Å². The first-order valence-electron chi connectivity index (χ1n) is 8.59. The topological polar surface area (TPSA) is 58.6 Å². The lowest BCUT2D eigenvalue weighted by atomic mass is 10.1. The highest BCUT2D eigenvalue weighted by Gasteiger charge is 2.19. The van der Waals surface area contributed by atoms with Gasteiger partial charge < -0.3 is 15.0 Å². The summed E-state index contributed by atoms with van der Waals surface area (Å²) < 4.78 is 5.29. The molecule has 0 aliphatic rings. The first kappa shape index (κ1) is 21.1. The first-order chi connectivity index (χ1) is 12.9. The normalized spacial score (nSPS) is 10.4. The van der Waals surface area contributed by atoms with Gasteiger partial charge in [0.2, 0.25) is 11.8 Å². The van der Waals surface area contributed by atoms with Gasteiger partial charge in [-0.25, -0.2) is 0 Å². The van der Waals surface area contributed by atoms with Gasteiger partial charge in [0.1, 0.15) is 5.75 Å². The van der Waals surface area contributed by atoms with Gasteiger partial charge in [0.05, 0.1) is 30.8 Å². The predicted octanol–water partition coefficient (Wildman–Crippen LogP) is 4.42. The summed E-state index contributed by atoms with van der Waals surface area (Å²) in [6.45, 7) is 2.37. The lowest BCUT2D eigenvalue weighted by Gasteiger charge is -2.22. The molecule has 27 heavy (non-hydrogen) atoms. The zero-order chi connectivity index (χ0) is 19.8. The third kappa shape index (κ3) is 6.15. The fourth-order valence-electron chi connectivity index (χ4n) is 2.64. The summed E-state index contributed by atoms with van der Waals surface area (Å²) in [6, 6.07) is 12.2. The number of hydrogen-bond acceptors (Lipinski definition) is 3. The molecule has 0 spiro atoms. The second-order valence-corrected chi connectivity index (χ2v) is 6.82. The number of para-hydroxylation sites is 1. The molecule has 2 amide bonds. The van der Waals surface area contributed by atoms with Crippen LogP contribution in [0.25, 0.3) is 0 Å². The number of nitrogens with zero attached hydrogens (tertiary/aromatic N) is 1. The highest BCUT2D eigenvalue weighted by molar-refractivity contribution is 6.35. The molecule has 7 heteroatoms. The molecule has 1 N–H and O–H groups in total. The standard InChI is InChI=1S/C20H22Cl2N2O3/c1-3-10-24(20(26)11-14-6-4-5-7-18(14)27-2)13-19(25)23-17-12-15(21)8-9-16(17)22/h4-9,12H,3,10-11,13H2,1-2H3,(H,23,25). The van der Waals surface area contributed by atoms with Crippen LogP contribution in [0, 0.1) is 0 Å². The average molecular weight is 409 g/mol. The maximum Gasteiger partial charge on any atom is 0.244 e. The fourth-order valence-corrected chi connectivity index (χ4v) is 2.98. The Kier molecular flexibility index (Phi) is 7.95. The minimum absolute atomic E-state index is 0.0648. The summed E-state index contributed by atoms with van der Waals surface area (Å²) in [5.74, 6) is 0.173. The van der Waals surface area contributed by atoms with E-state index in [0.717, 1.165) is 12.0 Å². The molecule has 2 aromatic rings. The van der Waals surface area contributed by atoms with Crippen LogP contribution < -0.4 is 10.1 Å². The van der Waals surface area contributed by atoms with Gasteiger partial charge in [-0.15, -0.1) is 0 Å². The van der Waals surface area contributed by atoms with Crippen LogP contribution in [-0.2, 0) is 16.0 Å².